The van der Waals surface area contributed by atoms with Crippen LogP contribution in [0.1, 0.15) is 33.1 Å². The van der Waals surface area contributed by atoms with E-state index in [1.54, 1.807) is 6.92 Å². The molecule has 0 unspecified atom stereocenters. The summed E-state index contributed by atoms with van der Waals surface area (Å²) in [5.74, 6) is 3.20. The molecule has 3 heterocycles. The van der Waals surface area contributed by atoms with E-state index in [-0.39, 0.29) is 12.7 Å². The quantitative estimate of drug-likeness (QED) is 0.678. The molecule has 0 atom stereocenters. The number of anilines is 1. The molecule has 2 N–H and O–H groups in total. The number of fused-ring (bicyclic) bond motifs is 1. The monoisotopic (exact) mass is 380 g/mol. The van der Waals surface area contributed by atoms with Gasteiger partial charge in [0, 0.05) is 12.7 Å². The third-order valence-electron chi connectivity index (χ3n) is 4.33. The van der Waals surface area contributed by atoms with Crippen molar-refractivity contribution in [2.75, 3.05) is 12.1 Å². The van der Waals surface area contributed by atoms with Crippen LogP contribution < -0.4 is 20.1 Å². The van der Waals surface area contributed by atoms with Crippen LogP contribution in [0.2, 0.25) is 0 Å². The summed E-state index contributed by atoms with van der Waals surface area (Å²) in [6.45, 7) is 4.73. The highest BCUT2D eigenvalue weighted by molar-refractivity contribution is 5.94. The largest absolute Gasteiger partial charge is 0.465 e. The first-order valence-electron chi connectivity index (χ1n) is 8.88. The highest BCUT2D eigenvalue weighted by Crippen LogP contribution is 2.32. The number of hydrogen-bond acceptors (Lipinski definition) is 7. The van der Waals surface area contributed by atoms with Gasteiger partial charge in [0.05, 0.1) is 17.8 Å². The summed E-state index contributed by atoms with van der Waals surface area (Å²) in [6.07, 6.45) is 1.52. The van der Waals surface area contributed by atoms with Gasteiger partial charge in [-0.2, -0.15) is 0 Å². The fourth-order valence-corrected chi connectivity index (χ4v) is 2.85. The first-order chi connectivity index (χ1) is 13.6. The highest BCUT2D eigenvalue weighted by atomic mass is 16.7. The molecule has 28 heavy (non-hydrogen) atoms. The Labute approximate surface area is 161 Å². The third kappa shape index (κ3) is 3.90. The van der Waals surface area contributed by atoms with Gasteiger partial charge in [0.1, 0.15) is 11.5 Å². The summed E-state index contributed by atoms with van der Waals surface area (Å²) in [5, 5.41) is 5.97. The van der Waals surface area contributed by atoms with Crippen LogP contribution in [0.3, 0.4) is 0 Å². The Balaban J connectivity index is 1.36. The lowest BCUT2D eigenvalue weighted by Gasteiger charge is -2.09. The predicted molar refractivity (Wildman–Crippen MR) is 101 cm³/mol. The third-order valence-corrected chi connectivity index (χ3v) is 4.33. The second-order valence-electron chi connectivity index (χ2n) is 6.43. The van der Waals surface area contributed by atoms with Crippen LogP contribution in [0.4, 0.5) is 5.95 Å². The Bertz CT molecular complexity index is 1020. The van der Waals surface area contributed by atoms with Gasteiger partial charge in [0.25, 0.3) is 5.91 Å². The van der Waals surface area contributed by atoms with Crippen LogP contribution >= 0.6 is 0 Å². The number of aromatic nitrogens is 2. The van der Waals surface area contributed by atoms with Crippen molar-refractivity contribution in [2.45, 2.75) is 26.9 Å². The molecular formula is C20H20N4O4. The summed E-state index contributed by atoms with van der Waals surface area (Å²) in [4.78, 5) is 21.0. The second kappa shape index (κ2) is 7.59. The fraction of sp³-hybridized carbons (Fsp3) is 0.250. The van der Waals surface area contributed by atoms with E-state index in [0.29, 0.717) is 36.1 Å². The molecule has 4 rings (SSSR count). The van der Waals surface area contributed by atoms with Gasteiger partial charge in [-0.3, -0.25) is 4.79 Å². The van der Waals surface area contributed by atoms with Crippen LogP contribution in [0.15, 0.2) is 40.9 Å². The van der Waals surface area contributed by atoms with E-state index in [1.165, 1.54) is 6.20 Å². The molecule has 1 aliphatic heterocycles. The molecule has 2 aromatic heterocycles. The molecule has 0 saturated heterocycles. The number of carbonyl (C=O) groups is 1. The second-order valence-corrected chi connectivity index (χ2v) is 6.43. The average Bonchev–Trinajstić information content (AvgIpc) is 3.32. The van der Waals surface area contributed by atoms with Crippen LogP contribution in [0.5, 0.6) is 11.5 Å². The Kier molecular flexibility index (Phi) is 4.84. The molecule has 1 aliphatic rings. The normalized spacial score (nSPS) is 12.1. The first-order valence-corrected chi connectivity index (χ1v) is 8.88. The van der Waals surface area contributed by atoms with Gasteiger partial charge in [-0.25, -0.2) is 9.97 Å². The van der Waals surface area contributed by atoms with Gasteiger partial charge < -0.3 is 24.5 Å². The number of nitrogens with zero attached hydrogens (tertiary/aromatic N) is 2. The number of furan rings is 1. The van der Waals surface area contributed by atoms with Crippen molar-refractivity contribution in [3.63, 3.8) is 0 Å². The zero-order valence-corrected chi connectivity index (χ0v) is 15.6. The summed E-state index contributed by atoms with van der Waals surface area (Å²) >= 11 is 0. The number of nitrogens with one attached hydrogen (secondary N) is 2. The Morgan fingerprint density at radius 1 is 1.11 bits per heavy atom. The molecule has 0 fully saturated rings. The van der Waals surface area contributed by atoms with Gasteiger partial charge >= 0.3 is 0 Å². The zero-order valence-electron chi connectivity index (χ0n) is 15.6. The van der Waals surface area contributed by atoms with Crippen LogP contribution in [0.25, 0.3) is 0 Å². The predicted octanol–water partition coefficient (Wildman–Crippen LogP) is 2.96. The van der Waals surface area contributed by atoms with Gasteiger partial charge in [-0.1, -0.05) is 6.07 Å². The van der Waals surface area contributed by atoms with Crippen molar-refractivity contribution in [1.82, 2.24) is 15.3 Å². The van der Waals surface area contributed by atoms with Crippen LogP contribution in [-0.2, 0) is 13.1 Å². The van der Waals surface area contributed by atoms with E-state index in [1.807, 2.05) is 37.3 Å². The molecule has 8 heteroatoms. The molecular weight excluding hydrogens is 360 g/mol. The maximum atomic E-state index is 12.4. The van der Waals surface area contributed by atoms with Gasteiger partial charge in [0.15, 0.2) is 11.5 Å². The molecule has 1 aromatic carbocycles. The number of rotatable bonds is 6. The first kappa shape index (κ1) is 17.8. The Morgan fingerprint density at radius 2 is 1.96 bits per heavy atom. The van der Waals surface area contributed by atoms with Gasteiger partial charge in [-0.15, -0.1) is 0 Å². The fourth-order valence-electron chi connectivity index (χ4n) is 2.85. The lowest BCUT2D eigenvalue weighted by atomic mass is 10.2. The molecule has 144 valence electrons. The molecule has 0 spiro atoms. The highest BCUT2D eigenvalue weighted by Gasteiger charge is 2.14. The Morgan fingerprint density at radius 3 is 2.75 bits per heavy atom. The maximum Gasteiger partial charge on any atom is 0.255 e. The summed E-state index contributed by atoms with van der Waals surface area (Å²) in [7, 11) is 0. The van der Waals surface area contributed by atoms with Gasteiger partial charge in [0.2, 0.25) is 12.7 Å². The molecule has 0 saturated carbocycles. The molecule has 8 nitrogen and oxygen atoms in total. The summed E-state index contributed by atoms with van der Waals surface area (Å²) < 4.78 is 16.1. The zero-order chi connectivity index (χ0) is 19.5. The average molecular weight is 380 g/mol. The minimum atomic E-state index is -0.242. The van der Waals surface area contributed by atoms with E-state index < -0.39 is 0 Å². The number of benzene rings is 1. The van der Waals surface area contributed by atoms with Crippen molar-refractivity contribution in [3.05, 3.63) is 64.9 Å². The number of aryl methyl sites for hydroxylation is 2. The lowest BCUT2D eigenvalue weighted by molar-refractivity contribution is 0.0946. The minimum absolute atomic E-state index is 0.242. The van der Waals surface area contributed by atoms with E-state index in [0.717, 1.165) is 22.8 Å². The summed E-state index contributed by atoms with van der Waals surface area (Å²) in [6, 6.07) is 9.43. The summed E-state index contributed by atoms with van der Waals surface area (Å²) in [5.41, 5.74) is 2.04. The van der Waals surface area contributed by atoms with Crippen molar-refractivity contribution in [1.29, 1.82) is 0 Å². The van der Waals surface area contributed by atoms with E-state index >= 15 is 0 Å². The number of ether oxygens (including phenoxy) is 2. The minimum Gasteiger partial charge on any atom is -0.465 e. The molecule has 0 aliphatic carbocycles. The van der Waals surface area contributed by atoms with E-state index in [2.05, 4.69) is 20.6 Å². The van der Waals surface area contributed by atoms with Crippen LogP contribution in [0, 0.1) is 13.8 Å². The topological polar surface area (TPSA) is 98.5 Å². The number of carbonyl (C=O) groups excluding carboxylic acids is 1. The smallest absolute Gasteiger partial charge is 0.255 e. The van der Waals surface area contributed by atoms with E-state index in [9.17, 15) is 4.79 Å². The lowest BCUT2D eigenvalue weighted by Crippen LogP contribution is -2.24. The van der Waals surface area contributed by atoms with Crippen molar-refractivity contribution in [2.24, 2.45) is 0 Å². The number of hydrogen-bond donors (Lipinski definition) is 2. The van der Waals surface area contributed by atoms with Crippen molar-refractivity contribution >= 4 is 11.9 Å². The van der Waals surface area contributed by atoms with Crippen LogP contribution in [-0.4, -0.2) is 22.7 Å². The Hall–Kier alpha value is -3.55. The maximum absolute atomic E-state index is 12.4. The van der Waals surface area contributed by atoms with Gasteiger partial charge in [-0.05, 0) is 43.7 Å². The molecule has 3 aromatic rings. The standard InChI is InChI=1S/C20H20N4O4/c1-12-3-5-15(28-12)9-21-19(25)16-10-23-20(24-13(16)2)22-8-14-4-6-17-18(7-14)27-11-26-17/h3-7,10H,8-9,11H2,1-2H3,(H,21,25)(H,22,23,24). The molecule has 1 amide bonds. The van der Waals surface area contributed by atoms with Crippen molar-refractivity contribution in [3.8, 4) is 11.5 Å². The number of amides is 1. The van der Waals surface area contributed by atoms with Crippen molar-refractivity contribution < 1.29 is 18.7 Å². The molecule has 0 radical (unpaired) electrons. The van der Waals surface area contributed by atoms with E-state index in [4.69, 9.17) is 13.9 Å². The molecule has 0 bridgehead atoms. The SMILES string of the molecule is Cc1ccc(CNC(=O)c2cnc(NCc3ccc4c(c3)OCO4)nc2C)o1.